The van der Waals surface area contributed by atoms with Crippen molar-refractivity contribution in [2.24, 2.45) is 0 Å². The molecule has 0 bridgehead atoms. The van der Waals surface area contributed by atoms with Crippen LogP contribution in [0.5, 0.6) is 5.75 Å². The Bertz CT molecular complexity index is 822. The Hall–Kier alpha value is -2.82. The summed E-state index contributed by atoms with van der Waals surface area (Å²) in [4.78, 5) is 26.1. The van der Waals surface area contributed by atoms with Crippen LogP contribution in [0.15, 0.2) is 36.4 Å². The molecule has 5 heteroatoms. The summed E-state index contributed by atoms with van der Waals surface area (Å²) >= 11 is 0. The number of carbonyl (C=O) groups excluding carboxylic acids is 2. The maximum Gasteiger partial charge on any atom is 0.265 e. The molecule has 1 aliphatic rings. The Morgan fingerprint density at radius 1 is 1.15 bits per heavy atom. The average molecular weight is 352 g/mol. The zero-order chi connectivity index (χ0) is 18.7. The number of amides is 2. The first-order chi connectivity index (χ1) is 12.5. The van der Waals surface area contributed by atoms with E-state index in [0.29, 0.717) is 18.8 Å². The highest BCUT2D eigenvalue weighted by Gasteiger charge is 2.25. The second-order valence-corrected chi connectivity index (χ2v) is 6.71. The predicted octanol–water partition coefficient (Wildman–Crippen LogP) is 3.04. The minimum absolute atomic E-state index is 0.0143. The molecule has 3 rings (SSSR count). The quantitative estimate of drug-likeness (QED) is 0.900. The zero-order valence-electron chi connectivity index (χ0n) is 15.5. The standard InChI is InChI=1S/C21H24N2O3/c1-14-10-15(2)17(16(3)11-14)12-22-20(24)8-9-23-18-6-4-5-7-19(18)26-13-21(23)25/h4-7,10-11H,8-9,12-13H2,1-3H3,(H,22,24). The molecule has 1 N–H and O–H groups in total. The van der Waals surface area contributed by atoms with E-state index >= 15 is 0 Å². The summed E-state index contributed by atoms with van der Waals surface area (Å²) in [6.45, 7) is 7.05. The molecule has 0 aromatic heterocycles. The van der Waals surface area contributed by atoms with Gasteiger partial charge in [-0.05, 0) is 49.6 Å². The monoisotopic (exact) mass is 352 g/mol. The van der Waals surface area contributed by atoms with Gasteiger partial charge in [-0.2, -0.15) is 0 Å². The lowest BCUT2D eigenvalue weighted by atomic mass is 10.00. The fourth-order valence-electron chi connectivity index (χ4n) is 3.38. The molecule has 1 aliphatic heterocycles. The number of rotatable bonds is 5. The van der Waals surface area contributed by atoms with Gasteiger partial charge in [0.1, 0.15) is 5.75 Å². The van der Waals surface area contributed by atoms with Gasteiger partial charge in [0.05, 0.1) is 5.69 Å². The van der Waals surface area contributed by atoms with Crippen molar-refractivity contribution in [3.05, 3.63) is 58.7 Å². The molecule has 1 heterocycles. The summed E-state index contributed by atoms with van der Waals surface area (Å²) in [5.41, 5.74) is 5.46. The van der Waals surface area contributed by atoms with E-state index in [1.165, 1.54) is 16.7 Å². The van der Waals surface area contributed by atoms with Crippen LogP contribution in [-0.2, 0) is 16.1 Å². The smallest absolute Gasteiger partial charge is 0.265 e. The molecule has 0 saturated carbocycles. The highest BCUT2D eigenvalue weighted by molar-refractivity contribution is 5.98. The van der Waals surface area contributed by atoms with Crippen molar-refractivity contribution in [3.63, 3.8) is 0 Å². The molecule has 2 aromatic carbocycles. The highest BCUT2D eigenvalue weighted by atomic mass is 16.5. The zero-order valence-corrected chi connectivity index (χ0v) is 15.5. The molecular formula is C21H24N2O3. The summed E-state index contributed by atoms with van der Waals surface area (Å²) in [6.07, 6.45) is 0.254. The van der Waals surface area contributed by atoms with E-state index in [0.717, 1.165) is 11.3 Å². The summed E-state index contributed by atoms with van der Waals surface area (Å²) in [7, 11) is 0. The van der Waals surface area contributed by atoms with Gasteiger partial charge < -0.3 is 15.0 Å². The molecule has 0 saturated heterocycles. The van der Waals surface area contributed by atoms with Gasteiger partial charge in [0.2, 0.25) is 5.91 Å². The van der Waals surface area contributed by atoms with E-state index in [4.69, 9.17) is 4.74 Å². The van der Waals surface area contributed by atoms with Gasteiger partial charge in [0.25, 0.3) is 5.91 Å². The van der Waals surface area contributed by atoms with Crippen LogP contribution in [0.1, 0.15) is 28.7 Å². The summed E-state index contributed by atoms with van der Waals surface area (Å²) < 4.78 is 5.42. The van der Waals surface area contributed by atoms with Crippen molar-refractivity contribution in [1.29, 1.82) is 0 Å². The summed E-state index contributed by atoms with van der Waals surface area (Å²) in [5.74, 6) is 0.487. The molecule has 2 amide bonds. The molecule has 0 fully saturated rings. The molecule has 5 nitrogen and oxygen atoms in total. The van der Waals surface area contributed by atoms with E-state index < -0.39 is 0 Å². The number of hydrogen-bond donors (Lipinski definition) is 1. The number of carbonyl (C=O) groups is 2. The van der Waals surface area contributed by atoms with Crippen LogP contribution in [0, 0.1) is 20.8 Å². The van der Waals surface area contributed by atoms with Crippen molar-refractivity contribution < 1.29 is 14.3 Å². The molecule has 2 aromatic rings. The summed E-state index contributed by atoms with van der Waals surface area (Å²) in [6, 6.07) is 11.6. The van der Waals surface area contributed by atoms with E-state index in [1.54, 1.807) is 4.90 Å². The topological polar surface area (TPSA) is 58.6 Å². The Balaban J connectivity index is 1.59. The van der Waals surface area contributed by atoms with Crippen molar-refractivity contribution in [2.45, 2.75) is 33.7 Å². The van der Waals surface area contributed by atoms with Crippen molar-refractivity contribution in [3.8, 4) is 5.75 Å². The van der Waals surface area contributed by atoms with Gasteiger partial charge >= 0.3 is 0 Å². The Kier molecular flexibility index (Phi) is 5.26. The maximum atomic E-state index is 12.3. The van der Waals surface area contributed by atoms with Gasteiger partial charge in [0, 0.05) is 19.5 Å². The number of anilines is 1. The minimum Gasteiger partial charge on any atom is -0.482 e. The molecule has 0 radical (unpaired) electrons. The lowest BCUT2D eigenvalue weighted by Crippen LogP contribution is -2.41. The Morgan fingerprint density at radius 2 is 1.85 bits per heavy atom. The normalized spacial score (nSPS) is 13.2. The number of fused-ring (bicyclic) bond motifs is 1. The average Bonchev–Trinajstić information content (AvgIpc) is 2.60. The van der Waals surface area contributed by atoms with Crippen molar-refractivity contribution >= 4 is 17.5 Å². The molecule has 26 heavy (non-hydrogen) atoms. The SMILES string of the molecule is Cc1cc(C)c(CNC(=O)CCN2C(=O)COc3ccccc32)c(C)c1. The van der Waals surface area contributed by atoms with E-state index in [2.05, 4.69) is 38.2 Å². The van der Waals surface area contributed by atoms with Crippen LogP contribution in [0.25, 0.3) is 0 Å². The van der Waals surface area contributed by atoms with Crippen molar-refractivity contribution in [2.75, 3.05) is 18.1 Å². The predicted molar refractivity (Wildman–Crippen MR) is 101 cm³/mol. The van der Waals surface area contributed by atoms with E-state index in [9.17, 15) is 9.59 Å². The fourth-order valence-corrected chi connectivity index (χ4v) is 3.38. The van der Waals surface area contributed by atoms with E-state index in [1.807, 2.05) is 24.3 Å². The van der Waals surface area contributed by atoms with Crippen molar-refractivity contribution in [1.82, 2.24) is 5.32 Å². The fraction of sp³-hybridized carbons (Fsp3) is 0.333. The van der Waals surface area contributed by atoms with Gasteiger partial charge in [-0.15, -0.1) is 0 Å². The van der Waals surface area contributed by atoms with Crippen LogP contribution in [0.2, 0.25) is 0 Å². The maximum absolute atomic E-state index is 12.3. The number of aryl methyl sites for hydroxylation is 3. The number of nitrogens with zero attached hydrogens (tertiary/aromatic N) is 1. The Labute approximate surface area is 154 Å². The second kappa shape index (κ2) is 7.60. The van der Waals surface area contributed by atoms with Crippen LogP contribution < -0.4 is 15.0 Å². The van der Waals surface area contributed by atoms with Crippen LogP contribution in [-0.4, -0.2) is 25.0 Å². The third-order valence-electron chi connectivity index (χ3n) is 4.67. The molecule has 0 spiro atoms. The Morgan fingerprint density at radius 3 is 2.58 bits per heavy atom. The number of para-hydroxylation sites is 2. The van der Waals surface area contributed by atoms with Gasteiger partial charge in [-0.3, -0.25) is 9.59 Å². The highest BCUT2D eigenvalue weighted by Crippen LogP contribution is 2.31. The van der Waals surface area contributed by atoms with Gasteiger partial charge in [-0.1, -0.05) is 29.8 Å². The van der Waals surface area contributed by atoms with Crippen LogP contribution >= 0.6 is 0 Å². The minimum atomic E-state index is -0.123. The first kappa shape index (κ1) is 18.0. The van der Waals surface area contributed by atoms with Crippen LogP contribution in [0.3, 0.4) is 0 Å². The first-order valence-corrected chi connectivity index (χ1v) is 8.81. The van der Waals surface area contributed by atoms with Crippen LogP contribution in [0.4, 0.5) is 5.69 Å². The third-order valence-corrected chi connectivity index (χ3v) is 4.67. The molecule has 136 valence electrons. The van der Waals surface area contributed by atoms with Gasteiger partial charge in [0.15, 0.2) is 6.61 Å². The lowest BCUT2D eigenvalue weighted by Gasteiger charge is -2.29. The first-order valence-electron chi connectivity index (χ1n) is 8.81. The molecule has 0 atom stereocenters. The number of ether oxygens (including phenoxy) is 1. The molecule has 0 unspecified atom stereocenters. The number of benzene rings is 2. The largest absolute Gasteiger partial charge is 0.482 e. The number of hydrogen-bond acceptors (Lipinski definition) is 3. The number of nitrogens with one attached hydrogen (secondary N) is 1. The lowest BCUT2D eigenvalue weighted by molar-refractivity contribution is -0.122. The second-order valence-electron chi connectivity index (χ2n) is 6.71. The molecule has 0 aliphatic carbocycles. The summed E-state index contributed by atoms with van der Waals surface area (Å²) in [5, 5.41) is 2.97. The van der Waals surface area contributed by atoms with Gasteiger partial charge in [-0.25, -0.2) is 0 Å². The third kappa shape index (κ3) is 3.87. The van der Waals surface area contributed by atoms with E-state index in [-0.39, 0.29) is 24.8 Å². The molecular weight excluding hydrogens is 328 g/mol.